The number of urea groups is 1. The summed E-state index contributed by atoms with van der Waals surface area (Å²) < 4.78 is 4.15. The molecule has 1 aromatic heterocycles. The Morgan fingerprint density at radius 1 is 1.69 bits per heavy atom. The van der Waals surface area contributed by atoms with Crippen molar-refractivity contribution in [2.75, 3.05) is 30.9 Å². The van der Waals surface area contributed by atoms with E-state index in [0.717, 1.165) is 18.1 Å². The van der Waals surface area contributed by atoms with Crippen molar-refractivity contribution < 1.29 is 4.79 Å². The van der Waals surface area contributed by atoms with Crippen LogP contribution in [0, 0.1) is 11.3 Å². The molecule has 0 saturated heterocycles. The van der Waals surface area contributed by atoms with Crippen LogP contribution in [-0.4, -0.2) is 31.0 Å². The molecular formula is C9H13N5OS. The number of carbonyl (C=O) groups excluding carboxylic acids is 1. The molecule has 0 radical (unpaired) electrons. The van der Waals surface area contributed by atoms with Gasteiger partial charge in [0.1, 0.15) is 16.6 Å². The first-order chi connectivity index (χ1) is 7.63. The highest BCUT2D eigenvalue weighted by molar-refractivity contribution is 7.11. The van der Waals surface area contributed by atoms with E-state index < -0.39 is 0 Å². The van der Waals surface area contributed by atoms with E-state index in [1.807, 2.05) is 18.9 Å². The van der Waals surface area contributed by atoms with Crippen LogP contribution < -0.4 is 15.5 Å². The molecule has 0 unspecified atom stereocenters. The zero-order chi connectivity index (χ0) is 12.1. The van der Waals surface area contributed by atoms with Crippen molar-refractivity contribution in [3.05, 3.63) is 5.56 Å². The van der Waals surface area contributed by atoms with Crippen molar-refractivity contribution in [2.45, 2.75) is 6.92 Å². The summed E-state index contributed by atoms with van der Waals surface area (Å²) >= 11 is 1.10. The van der Waals surface area contributed by atoms with Crippen molar-refractivity contribution in [3.8, 4) is 6.07 Å². The highest BCUT2D eigenvalue weighted by Gasteiger charge is 2.17. The lowest BCUT2D eigenvalue weighted by molar-refractivity contribution is 0.254. The summed E-state index contributed by atoms with van der Waals surface area (Å²) in [6.07, 6.45) is 0. The molecule has 0 bridgehead atoms. The van der Waals surface area contributed by atoms with E-state index >= 15 is 0 Å². The van der Waals surface area contributed by atoms with Gasteiger partial charge < -0.3 is 10.2 Å². The Balaban J connectivity index is 3.00. The topological polar surface area (TPSA) is 81.1 Å². The number of anilines is 2. The van der Waals surface area contributed by atoms with Gasteiger partial charge in [0.2, 0.25) is 0 Å². The van der Waals surface area contributed by atoms with Crippen LogP contribution in [0.2, 0.25) is 0 Å². The molecule has 0 fully saturated rings. The van der Waals surface area contributed by atoms with Crippen molar-refractivity contribution in [1.29, 1.82) is 5.26 Å². The van der Waals surface area contributed by atoms with Crippen molar-refractivity contribution in [3.63, 3.8) is 0 Å². The van der Waals surface area contributed by atoms with Crippen LogP contribution in [0.25, 0.3) is 0 Å². The average molecular weight is 239 g/mol. The second-order valence-corrected chi connectivity index (χ2v) is 3.81. The Labute approximate surface area is 98.0 Å². The highest BCUT2D eigenvalue weighted by Crippen LogP contribution is 2.29. The van der Waals surface area contributed by atoms with Gasteiger partial charge in [0, 0.05) is 20.6 Å². The number of nitrogens with one attached hydrogen (secondary N) is 2. The van der Waals surface area contributed by atoms with E-state index in [1.165, 1.54) is 7.05 Å². The van der Waals surface area contributed by atoms with Gasteiger partial charge in [-0.25, -0.2) is 4.79 Å². The minimum Gasteiger partial charge on any atom is -0.358 e. The summed E-state index contributed by atoms with van der Waals surface area (Å²) in [6.45, 7) is 2.71. The molecule has 0 atom stereocenters. The predicted molar refractivity (Wildman–Crippen MR) is 63.9 cm³/mol. The summed E-state index contributed by atoms with van der Waals surface area (Å²) in [5.74, 6) is 0.599. The van der Waals surface area contributed by atoms with Crippen LogP contribution in [-0.2, 0) is 0 Å². The predicted octanol–water partition coefficient (Wildman–Crippen LogP) is 1.22. The molecule has 6 nitrogen and oxygen atoms in total. The quantitative estimate of drug-likeness (QED) is 0.831. The van der Waals surface area contributed by atoms with E-state index in [9.17, 15) is 4.79 Å². The standard InChI is InChI=1S/C9H13N5OS/c1-4-14(3)7-6(5-10)8(16-13-7)12-9(15)11-2/h4H2,1-3H3,(H2,11,12,15). The maximum absolute atomic E-state index is 11.1. The van der Waals surface area contributed by atoms with Crippen molar-refractivity contribution >= 4 is 28.4 Å². The van der Waals surface area contributed by atoms with Gasteiger partial charge in [-0.15, -0.1) is 0 Å². The van der Waals surface area contributed by atoms with Gasteiger partial charge in [-0.2, -0.15) is 9.64 Å². The van der Waals surface area contributed by atoms with Crippen molar-refractivity contribution in [1.82, 2.24) is 9.69 Å². The molecule has 0 saturated carbocycles. The number of rotatable bonds is 3. The number of nitriles is 1. The maximum Gasteiger partial charge on any atom is 0.319 e. The molecule has 0 aliphatic carbocycles. The highest BCUT2D eigenvalue weighted by atomic mass is 32.1. The second-order valence-electron chi connectivity index (χ2n) is 3.04. The van der Waals surface area contributed by atoms with E-state index in [2.05, 4.69) is 21.1 Å². The van der Waals surface area contributed by atoms with Gasteiger partial charge in [-0.1, -0.05) is 0 Å². The maximum atomic E-state index is 11.1. The lowest BCUT2D eigenvalue weighted by atomic mass is 10.3. The summed E-state index contributed by atoms with van der Waals surface area (Å²) in [5, 5.41) is 14.5. The zero-order valence-electron chi connectivity index (χ0n) is 9.37. The lowest BCUT2D eigenvalue weighted by Crippen LogP contribution is -2.24. The van der Waals surface area contributed by atoms with Gasteiger partial charge in [0.05, 0.1) is 0 Å². The SMILES string of the molecule is CCN(C)c1nsc(NC(=O)NC)c1C#N. The summed E-state index contributed by atoms with van der Waals surface area (Å²) in [4.78, 5) is 13.0. The van der Waals surface area contributed by atoms with E-state index in [1.54, 1.807) is 0 Å². The van der Waals surface area contributed by atoms with E-state index in [0.29, 0.717) is 16.4 Å². The van der Waals surface area contributed by atoms with E-state index in [-0.39, 0.29) is 6.03 Å². The van der Waals surface area contributed by atoms with Gasteiger partial charge in [-0.05, 0) is 18.5 Å². The first-order valence-corrected chi connectivity index (χ1v) is 5.51. The number of hydrogen-bond acceptors (Lipinski definition) is 5. The van der Waals surface area contributed by atoms with Crippen LogP contribution >= 0.6 is 11.5 Å². The number of nitrogens with zero attached hydrogens (tertiary/aromatic N) is 3. The molecule has 7 heteroatoms. The number of hydrogen-bond donors (Lipinski definition) is 2. The third-order valence-electron chi connectivity index (χ3n) is 2.08. The monoisotopic (exact) mass is 239 g/mol. The molecule has 0 spiro atoms. The van der Waals surface area contributed by atoms with Gasteiger partial charge in [0.15, 0.2) is 5.82 Å². The molecule has 2 amide bonds. The molecule has 1 aromatic rings. The van der Waals surface area contributed by atoms with Crippen molar-refractivity contribution in [2.24, 2.45) is 0 Å². The van der Waals surface area contributed by atoms with Crippen LogP contribution in [0.3, 0.4) is 0 Å². The number of aromatic nitrogens is 1. The first-order valence-electron chi connectivity index (χ1n) is 4.73. The van der Waals surface area contributed by atoms with Crippen LogP contribution in [0.5, 0.6) is 0 Å². The molecular weight excluding hydrogens is 226 g/mol. The molecule has 16 heavy (non-hydrogen) atoms. The Morgan fingerprint density at radius 3 is 2.88 bits per heavy atom. The fourth-order valence-corrected chi connectivity index (χ4v) is 1.82. The molecule has 86 valence electrons. The first kappa shape index (κ1) is 12.3. The van der Waals surface area contributed by atoms with Gasteiger partial charge in [0.25, 0.3) is 0 Å². The average Bonchev–Trinajstić information content (AvgIpc) is 2.70. The molecule has 1 heterocycles. The molecule has 2 N–H and O–H groups in total. The summed E-state index contributed by atoms with van der Waals surface area (Å²) in [5.41, 5.74) is 0.401. The minimum absolute atomic E-state index is 0.356. The van der Waals surface area contributed by atoms with Crippen LogP contribution in [0.1, 0.15) is 12.5 Å². The third-order valence-corrected chi connectivity index (χ3v) is 2.83. The molecule has 0 aliphatic rings. The number of amides is 2. The minimum atomic E-state index is -0.356. The van der Waals surface area contributed by atoms with Gasteiger partial charge in [-0.3, -0.25) is 5.32 Å². The fourth-order valence-electron chi connectivity index (χ4n) is 1.04. The third kappa shape index (κ3) is 2.41. The molecule has 0 aliphatic heterocycles. The van der Waals surface area contributed by atoms with Crippen LogP contribution in [0.4, 0.5) is 15.6 Å². The normalized spacial score (nSPS) is 9.38. The summed E-state index contributed by atoms with van der Waals surface area (Å²) in [6, 6.07) is 1.70. The molecule has 1 rings (SSSR count). The fraction of sp³-hybridized carbons (Fsp3) is 0.444. The Morgan fingerprint density at radius 2 is 2.38 bits per heavy atom. The number of carbonyl (C=O) groups is 1. The van der Waals surface area contributed by atoms with Crippen LogP contribution in [0.15, 0.2) is 0 Å². The summed E-state index contributed by atoms with van der Waals surface area (Å²) in [7, 11) is 3.36. The Bertz CT molecular complexity index is 422. The zero-order valence-corrected chi connectivity index (χ0v) is 10.2. The Hall–Kier alpha value is -1.81. The van der Waals surface area contributed by atoms with Gasteiger partial charge >= 0.3 is 6.03 Å². The lowest BCUT2D eigenvalue weighted by Gasteiger charge is -2.13. The molecule has 0 aromatic carbocycles. The largest absolute Gasteiger partial charge is 0.358 e. The Kier molecular flexibility index (Phi) is 4.08. The smallest absolute Gasteiger partial charge is 0.319 e. The van der Waals surface area contributed by atoms with E-state index in [4.69, 9.17) is 5.26 Å². The second kappa shape index (κ2) is 5.32.